The van der Waals surface area contributed by atoms with Gasteiger partial charge in [0.2, 0.25) is 0 Å². The zero-order valence-corrected chi connectivity index (χ0v) is 35.7. The standard InChI is InChI=1S/C44H61NO14/c1-12-30-55-28-19-29-43(21-53-29,58-24(5)46)34-36(57-37(49)25-16-14-13-15-17-25)44(52)20-27(23(4)31(41(44,9)10)33(48)35(56-30)42(28,34)11)54-38(50)32(47)26(18-22(2)3)45-39(51)59-40(6,7)8/h12-17,22,26-30,32-36,47-48,52H,1,18-21H2,2-11H3,(H,45,51)/t26-,27-,28-,29+,30?,32?,33-,34-,35-,36-,42+,43-,44+/m0/s1. The van der Waals surface area contributed by atoms with Crippen LogP contribution in [0.1, 0.15) is 98.9 Å². The van der Waals surface area contributed by atoms with E-state index in [4.69, 9.17) is 33.2 Å². The molecule has 4 fully saturated rings. The second-order valence-electron chi connectivity index (χ2n) is 19.0. The quantitative estimate of drug-likeness (QED) is 0.148. The maximum atomic E-state index is 14.3. The fourth-order valence-corrected chi connectivity index (χ4v) is 10.4. The minimum Gasteiger partial charge on any atom is -0.456 e. The summed E-state index contributed by atoms with van der Waals surface area (Å²) in [5, 5.41) is 40.6. The summed E-state index contributed by atoms with van der Waals surface area (Å²) in [6.45, 7) is 20.7. The minimum atomic E-state index is -2.18. The van der Waals surface area contributed by atoms with Gasteiger partial charge in [0.1, 0.15) is 35.6 Å². The van der Waals surface area contributed by atoms with E-state index in [0.29, 0.717) is 5.57 Å². The summed E-state index contributed by atoms with van der Waals surface area (Å²) < 4.78 is 43.4. The first kappa shape index (κ1) is 44.7. The Morgan fingerprint density at radius 3 is 2.27 bits per heavy atom. The zero-order valence-electron chi connectivity index (χ0n) is 35.7. The summed E-state index contributed by atoms with van der Waals surface area (Å²) >= 11 is 0. The van der Waals surface area contributed by atoms with Gasteiger partial charge >= 0.3 is 24.0 Å². The average Bonchev–Trinajstić information content (AvgIpc) is 3.12. The Kier molecular flexibility index (Phi) is 12.0. The molecule has 0 spiro atoms. The Hall–Kier alpha value is -3.86. The molecule has 2 heterocycles. The molecule has 13 atom stereocenters. The van der Waals surface area contributed by atoms with E-state index in [2.05, 4.69) is 11.9 Å². The number of ether oxygens (including phenoxy) is 7. The molecule has 5 aliphatic rings. The van der Waals surface area contributed by atoms with Gasteiger partial charge in [0.05, 0.1) is 36.3 Å². The van der Waals surface area contributed by atoms with Crippen molar-refractivity contribution in [1.82, 2.24) is 5.32 Å². The van der Waals surface area contributed by atoms with Crippen molar-refractivity contribution in [3.63, 3.8) is 0 Å². The van der Waals surface area contributed by atoms with Crippen molar-refractivity contribution < 1.29 is 67.7 Å². The van der Waals surface area contributed by atoms with Crippen LogP contribution >= 0.6 is 0 Å². The Balaban J connectivity index is 1.51. The van der Waals surface area contributed by atoms with Crippen LogP contribution in [-0.2, 0) is 42.7 Å². The van der Waals surface area contributed by atoms with Crippen LogP contribution in [0.5, 0.6) is 0 Å². The van der Waals surface area contributed by atoms with E-state index < -0.39 is 113 Å². The van der Waals surface area contributed by atoms with E-state index >= 15 is 0 Å². The van der Waals surface area contributed by atoms with Gasteiger partial charge in [-0.25, -0.2) is 14.4 Å². The number of hydrogen-bond donors (Lipinski definition) is 4. The zero-order chi connectivity index (χ0) is 43.6. The van der Waals surface area contributed by atoms with Crippen LogP contribution in [0, 0.1) is 22.7 Å². The molecule has 6 rings (SSSR count). The van der Waals surface area contributed by atoms with Gasteiger partial charge in [-0.05, 0) is 69.4 Å². The van der Waals surface area contributed by atoms with Crippen LogP contribution in [0.3, 0.4) is 0 Å². The van der Waals surface area contributed by atoms with E-state index in [9.17, 15) is 34.5 Å². The van der Waals surface area contributed by atoms with E-state index in [1.807, 2.05) is 20.8 Å². The molecule has 2 bridgehead atoms. The molecule has 2 aliphatic heterocycles. The Morgan fingerprint density at radius 2 is 1.71 bits per heavy atom. The number of aliphatic hydroxyl groups excluding tert-OH is 2. The molecule has 1 aromatic rings. The third-order valence-electron chi connectivity index (χ3n) is 13.2. The van der Waals surface area contributed by atoms with Gasteiger partial charge in [-0.15, -0.1) is 0 Å². The van der Waals surface area contributed by atoms with Crippen molar-refractivity contribution in [2.75, 3.05) is 6.61 Å². The lowest BCUT2D eigenvalue weighted by Crippen LogP contribution is -2.83. The number of amides is 1. The largest absolute Gasteiger partial charge is 0.456 e. The van der Waals surface area contributed by atoms with E-state index in [1.54, 1.807) is 71.9 Å². The lowest BCUT2D eigenvalue weighted by atomic mass is 9.44. The second-order valence-corrected chi connectivity index (χ2v) is 19.0. The van der Waals surface area contributed by atoms with Crippen LogP contribution in [0.4, 0.5) is 4.79 Å². The highest BCUT2D eigenvalue weighted by atomic mass is 16.7. The number of aliphatic hydroxyl groups is 3. The average molecular weight is 828 g/mol. The summed E-state index contributed by atoms with van der Waals surface area (Å²) in [4.78, 5) is 54.3. The number of nitrogens with one attached hydrogen (secondary N) is 1. The summed E-state index contributed by atoms with van der Waals surface area (Å²) in [5.74, 6) is -3.76. The van der Waals surface area contributed by atoms with Crippen LogP contribution in [0.25, 0.3) is 0 Å². The van der Waals surface area contributed by atoms with Crippen molar-refractivity contribution in [1.29, 1.82) is 0 Å². The normalized spacial score (nSPS) is 36.8. The fraction of sp³-hybridized carbons (Fsp3) is 0.682. The monoisotopic (exact) mass is 827 g/mol. The maximum Gasteiger partial charge on any atom is 0.407 e. The highest BCUT2D eigenvalue weighted by molar-refractivity contribution is 5.89. The van der Waals surface area contributed by atoms with Crippen molar-refractivity contribution in [2.24, 2.45) is 22.7 Å². The molecule has 0 aromatic heterocycles. The number of rotatable bonds is 10. The molecule has 1 aromatic carbocycles. The van der Waals surface area contributed by atoms with Crippen LogP contribution in [0.15, 0.2) is 54.1 Å². The fourth-order valence-electron chi connectivity index (χ4n) is 10.4. The molecule has 4 N–H and O–H groups in total. The Labute approximate surface area is 345 Å². The SMILES string of the molecule is C=CC1O[C@H]2C[C@H]3OC[C@@]3(OC(C)=O)[C@H]3[C@H](OC(=O)c4ccccc4)[C@]4(O)C[C@H](OC(=O)C(O)[C@H](CC(C)C)NC(=O)OC(C)(C)C)C(C)=C([C@H](O)[C@H](O1)[C@]23C)C4(C)C. The molecule has 2 unspecified atom stereocenters. The van der Waals surface area contributed by atoms with Crippen molar-refractivity contribution in [3.8, 4) is 0 Å². The van der Waals surface area contributed by atoms with Crippen molar-refractivity contribution in [2.45, 2.75) is 160 Å². The Bertz CT molecular complexity index is 1840. The molecule has 2 saturated heterocycles. The number of alkyl carbamates (subject to hydrolysis) is 1. The molecule has 0 radical (unpaired) electrons. The number of fused-ring (bicyclic) bond motifs is 4. The lowest BCUT2D eigenvalue weighted by molar-refractivity contribution is -0.405. The smallest absolute Gasteiger partial charge is 0.407 e. The van der Waals surface area contributed by atoms with Gasteiger partial charge in [-0.3, -0.25) is 4.79 Å². The Morgan fingerprint density at radius 1 is 1.05 bits per heavy atom. The second kappa shape index (κ2) is 15.9. The first-order valence-corrected chi connectivity index (χ1v) is 20.4. The van der Waals surface area contributed by atoms with Gasteiger partial charge in [0.25, 0.3) is 0 Å². The summed E-state index contributed by atoms with van der Waals surface area (Å²) in [5.41, 5.74) is -6.50. The topological polar surface area (TPSA) is 206 Å². The van der Waals surface area contributed by atoms with Crippen LogP contribution in [0.2, 0.25) is 0 Å². The first-order valence-electron chi connectivity index (χ1n) is 20.4. The van der Waals surface area contributed by atoms with Crippen LogP contribution < -0.4 is 5.32 Å². The lowest BCUT2D eigenvalue weighted by Gasteiger charge is -2.71. The van der Waals surface area contributed by atoms with E-state index in [0.717, 1.165) is 0 Å². The molecule has 3 aliphatic carbocycles. The van der Waals surface area contributed by atoms with Crippen molar-refractivity contribution in [3.05, 3.63) is 59.7 Å². The molecule has 2 saturated carbocycles. The molecule has 15 nitrogen and oxygen atoms in total. The third kappa shape index (κ3) is 7.71. The van der Waals surface area contributed by atoms with Gasteiger partial charge in [-0.2, -0.15) is 0 Å². The molecule has 1 amide bonds. The number of esters is 3. The first-order chi connectivity index (χ1) is 27.4. The van der Waals surface area contributed by atoms with Gasteiger partial charge < -0.3 is 53.8 Å². The predicted molar refractivity (Wildman–Crippen MR) is 210 cm³/mol. The minimum absolute atomic E-state index is 0.0735. The summed E-state index contributed by atoms with van der Waals surface area (Å²) in [6.07, 6.45) is -9.26. The molecular weight excluding hydrogens is 766 g/mol. The number of benzene rings is 1. The number of hydrogen-bond acceptors (Lipinski definition) is 14. The highest BCUT2D eigenvalue weighted by Gasteiger charge is 2.79. The van der Waals surface area contributed by atoms with Crippen LogP contribution in [-0.4, -0.2) is 118 Å². The molecular formula is C44H61NO14. The number of carbonyl (C=O) groups is 4. The van der Waals surface area contributed by atoms with Gasteiger partial charge in [0, 0.05) is 30.6 Å². The molecule has 15 heteroatoms. The summed E-state index contributed by atoms with van der Waals surface area (Å²) in [6, 6.07) is 7.10. The predicted octanol–water partition coefficient (Wildman–Crippen LogP) is 4.30. The maximum absolute atomic E-state index is 14.3. The highest BCUT2D eigenvalue weighted by Crippen LogP contribution is 2.67. The molecule has 326 valence electrons. The van der Waals surface area contributed by atoms with Gasteiger partial charge in [-0.1, -0.05) is 59.4 Å². The van der Waals surface area contributed by atoms with E-state index in [1.165, 1.54) is 13.0 Å². The van der Waals surface area contributed by atoms with Crippen molar-refractivity contribution >= 4 is 24.0 Å². The third-order valence-corrected chi connectivity index (χ3v) is 13.2. The van der Waals surface area contributed by atoms with E-state index in [-0.39, 0.29) is 42.9 Å². The molecule has 59 heavy (non-hydrogen) atoms. The van der Waals surface area contributed by atoms with Gasteiger partial charge in [0.15, 0.2) is 18.0 Å². The summed E-state index contributed by atoms with van der Waals surface area (Å²) in [7, 11) is 0. The number of carbonyl (C=O) groups excluding carboxylic acids is 4.